The van der Waals surface area contributed by atoms with Crippen LogP contribution in [-0.2, 0) is 23.9 Å². The summed E-state index contributed by atoms with van der Waals surface area (Å²) in [6, 6.07) is 0. The fourth-order valence-corrected chi connectivity index (χ4v) is 2.32. The van der Waals surface area contributed by atoms with Crippen LogP contribution in [0.4, 0.5) is 0 Å². The normalized spacial score (nSPS) is 32.4. The van der Waals surface area contributed by atoms with E-state index < -0.39 is 23.5 Å². The summed E-state index contributed by atoms with van der Waals surface area (Å²) < 4.78 is 10.00. The first-order valence-electron chi connectivity index (χ1n) is 5.53. The van der Waals surface area contributed by atoms with E-state index in [0.717, 1.165) is 0 Å². The lowest BCUT2D eigenvalue weighted by molar-refractivity contribution is -0.157. The molecular formula is C12H14O5. The second kappa shape index (κ2) is 3.98. The summed E-state index contributed by atoms with van der Waals surface area (Å²) in [5, 5.41) is 0. The molecule has 1 aliphatic heterocycles. The largest absolute Gasteiger partial charge is 0.465 e. The van der Waals surface area contributed by atoms with Crippen molar-refractivity contribution >= 4 is 17.7 Å². The van der Waals surface area contributed by atoms with Crippen molar-refractivity contribution < 1.29 is 23.9 Å². The molecule has 0 aromatic carbocycles. The van der Waals surface area contributed by atoms with Crippen molar-refractivity contribution in [1.29, 1.82) is 0 Å². The van der Waals surface area contributed by atoms with Crippen molar-refractivity contribution in [1.82, 2.24) is 0 Å². The molecule has 5 heteroatoms. The van der Waals surface area contributed by atoms with Gasteiger partial charge in [0.2, 0.25) is 0 Å². The summed E-state index contributed by atoms with van der Waals surface area (Å²) in [5.74, 6) is -1.15. The molecule has 0 N–H and O–H groups in total. The Morgan fingerprint density at radius 2 is 2.24 bits per heavy atom. The second-order valence-electron chi connectivity index (χ2n) is 4.52. The number of carbonyl (C=O) groups is 3. The van der Waals surface area contributed by atoms with Crippen molar-refractivity contribution in [3.05, 3.63) is 11.6 Å². The molecule has 2 atom stereocenters. The van der Waals surface area contributed by atoms with Gasteiger partial charge in [0.25, 0.3) is 0 Å². The smallest absolute Gasteiger partial charge is 0.320 e. The van der Waals surface area contributed by atoms with Crippen LogP contribution < -0.4 is 0 Å². The summed E-state index contributed by atoms with van der Waals surface area (Å²) in [7, 11) is 0. The van der Waals surface area contributed by atoms with Crippen LogP contribution in [-0.4, -0.2) is 30.4 Å². The van der Waals surface area contributed by atoms with Crippen molar-refractivity contribution in [3.63, 3.8) is 0 Å². The van der Waals surface area contributed by atoms with E-state index in [1.807, 2.05) is 0 Å². The highest BCUT2D eigenvalue weighted by atomic mass is 16.5. The first kappa shape index (κ1) is 11.8. The molecule has 0 radical (unpaired) electrons. The van der Waals surface area contributed by atoms with Crippen molar-refractivity contribution in [3.8, 4) is 0 Å². The Morgan fingerprint density at radius 3 is 2.76 bits per heavy atom. The minimum atomic E-state index is -1.13. The first-order valence-corrected chi connectivity index (χ1v) is 5.53. The molecule has 1 aliphatic carbocycles. The average Bonchev–Trinajstić information content (AvgIpc) is 2.57. The van der Waals surface area contributed by atoms with E-state index in [9.17, 15) is 14.4 Å². The molecule has 2 aliphatic rings. The van der Waals surface area contributed by atoms with Crippen LogP contribution in [0.15, 0.2) is 11.6 Å². The Kier molecular flexibility index (Phi) is 2.77. The molecule has 5 nitrogen and oxygen atoms in total. The van der Waals surface area contributed by atoms with Crippen LogP contribution >= 0.6 is 0 Å². The van der Waals surface area contributed by atoms with Gasteiger partial charge in [-0.2, -0.15) is 0 Å². The maximum Gasteiger partial charge on any atom is 0.320 e. The Bertz CT molecular complexity index is 423. The Balaban J connectivity index is 2.30. The third-order valence-electron chi connectivity index (χ3n) is 3.33. The molecule has 2 rings (SSSR count). The zero-order valence-electron chi connectivity index (χ0n) is 9.82. The average molecular weight is 238 g/mol. The Labute approximate surface area is 98.8 Å². The van der Waals surface area contributed by atoms with Gasteiger partial charge in [-0.25, -0.2) is 0 Å². The minimum Gasteiger partial charge on any atom is -0.465 e. The highest BCUT2D eigenvalue weighted by Gasteiger charge is 2.53. The van der Waals surface area contributed by atoms with Gasteiger partial charge < -0.3 is 9.47 Å². The van der Waals surface area contributed by atoms with Crippen LogP contribution in [0.25, 0.3) is 0 Å². The van der Waals surface area contributed by atoms with Gasteiger partial charge >= 0.3 is 11.9 Å². The first-order chi connectivity index (χ1) is 7.95. The van der Waals surface area contributed by atoms with E-state index in [-0.39, 0.29) is 18.8 Å². The molecule has 0 aromatic heterocycles. The lowest BCUT2D eigenvalue weighted by Gasteiger charge is -2.31. The Morgan fingerprint density at radius 1 is 1.53 bits per heavy atom. The maximum atomic E-state index is 12.0. The van der Waals surface area contributed by atoms with E-state index in [2.05, 4.69) is 0 Å². The summed E-state index contributed by atoms with van der Waals surface area (Å²) in [6.07, 6.45) is 1.46. The third-order valence-corrected chi connectivity index (χ3v) is 3.33. The van der Waals surface area contributed by atoms with Crippen LogP contribution in [0, 0.1) is 5.41 Å². The standard InChI is InChI=1S/C12H14O5/c1-7-5-10(14)12(3-4-16-11(12)15)6-9(7)17-8(2)13/h5,9H,3-4,6H2,1-2H3/t9-,12+/m1/s1. The number of hydrogen-bond acceptors (Lipinski definition) is 5. The van der Waals surface area contributed by atoms with Crippen LogP contribution in [0.3, 0.4) is 0 Å². The molecule has 1 saturated heterocycles. The van der Waals surface area contributed by atoms with E-state index in [4.69, 9.17) is 9.47 Å². The number of ketones is 1. The fourth-order valence-electron chi connectivity index (χ4n) is 2.32. The predicted molar refractivity (Wildman–Crippen MR) is 56.9 cm³/mol. The summed E-state index contributed by atoms with van der Waals surface area (Å²) in [5.41, 5.74) is -0.449. The third kappa shape index (κ3) is 1.85. The molecule has 0 unspecified atom stereocenters. The molecule has 0 bridgehead atoms. The van der Waals surface area contributed by atoms with Gasteiger partial charge in [0.05, 0.1) is 6.61 Å². The lowest BCUT2D eigenvalue weighted by atomic mass is 9.72. The topological polar surface area (TPSA) is 69.7 Å². The number of rotatable bonds is 1. The minimum absolute atomic E-state index is 0.201. The van der Waals surface area contributed by atoms with Crippen molar-refractivity contribution in [2.75, 3.05) is 6.61 Å². The molecular weight excluding hydrogens is 224 g/mol. The van der Waals surface area contributed by atoms with Gasteiger partial charge in [0.15, 0.2) is 5.78 Å². The highest BCUT2D eigenvalue weighted by Crippen LogP contribution is 2.41. The molecule has 0 amide bonds. The van der Waals surface area contributed by atoms with Gasteiger partial charge in [-0.1, -0.05) is 0 Å². The quantitative estimate of drug-likeness (QED) is 0.498. The van der Waals surface area contributed by atoms with Gasteiger partial charge in [0, 0.05) is 19.8 Å². The number of ether oxygens (including phenoxy) is 2. The molecule has 92 valence electrons. The van der Waals surface area contributed by atoms with Crippen LogP contribution in [0.1, 0.15) is 26.7 Å². The van der Waals surface area contributed by atoms with Gasteiger partial charge in [-0.05, 0) is 18.6 Å². The summed E-state index contributed by atoms with van der Waals surface area (Å²) in [6.45, 7) is 3.28. The van der Waals surface area contributed by atoms with Gasteiger partial charge in [-0.3, -0.25) is 14.4 Å². The highest BCUT2D eigenvalue weighted by molar-refractivity contribution is 6.11. The summed E-state index contributed by atoms with van der Waals surface area (Å²) in [4.78, 5) is 34.6. The maximum absolute atomic E-state index is 12.0. The van der Waals surface area contributed by atoms with E-state index >= 15 is 0 Å². The predicted octanol–water partition coefficient (Wildman–Crippen LogP) is 0.770. The zero-order chi connectivity index (χ0) is 12.6. The van der Waals surface area contributed by atoms with Crippen LogP contribution in [0.2, 0.25) is 0 Å². The monoisotopic (exact) mass is 238 g/mol. The molecule has 0 aromatic rings. The molecule has 17 heavy (non-hydrogen) atoms. The molecule has 1 heterocycles. The van der Waals surface area contributed by atoms with E-state index in [1.54, 1.807) is 6.92 Å². The van der Waals surface area contributed by atoms with E-state index in [0.29, 0.717) is 12.0 Å². The SMILES string of the molecule is CC(=O)O[C@@H]1C[C@@]2(CCOC2=O)C(=O)C=C1C. The fraction of sp³-hybridized carbons (Fsp3) is 0.583. The van der Waals surface area contributed by atoms with E-state index in [1.165, 1.54) is 13.0 Å². The Hall–Kier alpha value is -1.65. The van der Waals surface area contributed by atoms with Gasteiger partial charge in [0.1, 0.15) is 11.5 Å². The second-order valence-corrected chi connectivity index (χ2v) is 4.52. The van der Waals surface area contributed by atoms with Crippen molar-refractivity contribution in [2.24, 2.45) is 5.41 Å². The van der Waals surface area contributed by atoms with Gasteiger partial charge in [-0.15, -0.1) is 0 Å². The van der Waals surface area contributed by atoms with Crippen molar-refractivity contribution in [2.45, 2.75) is 32.8 Å². The number of carbonyl (C=O) groups excluding carboxylic acids is 3. The summed E-state index contributed by atoms with van der Waals surface area (Å²) >= 11 is 0. The number of esters is 2. The number of allylic oxidation sites excluding steroid dienone is 1. The van der Waals surface area contributed by atoms with Crippen LogP contribution in [0.5, 0.6) is 0 Å². The zero-order valence-corrected chi connectivity index (χ0v) is 9.82. The molecule has 1 spiro atoms. The lowest BCUT2D eigenvalue weighted by Crippen LogP contribution is -2.43. The molecule has 1 fully saturated rings. The number of hydrogen-bond donors (Lipinski definition) is 0. The number of cyclic esters (lactones) is 1. The molecule has 0 saturated carbocycles.